The van der Waals surface area contributed by atoms with Gasteiger partial charge in [0.15, 0.2) is 0 Å². The number of aliphatic hydroxyl groups is 1. The summed E-state index contributed by atoms with van der Waals surface area (Å²) in [6, 6.07) is 3.35. The smallest absolute Gasteiger partial charge is 0.0510 e. The van der Waals surface area contributed by atoms with E-state index >= 15 is 0 Å². The van der Waals surface area contributed by atoms with Crippen LogP contribution in [0, 0.1) is 0 Å². The van der Waals surface area contributed by atoms with Crippen LogP contribution >= 0.6 is 11.3 Å². The molecule has 3 nitrogen and oxygen atoms in total. The molecular formula is C15H26N2OS. The van der Waals surface area contributed by atoms with Crippen LogP contribution in [0.5, 0.6) is 0 Å². The summed E-state index contributed by atoms with van der Waals surface area (Å²) in [5, 5.41) is 13.4. The molecule has 1 aromatic rings. The van der Waals surface area contributed by atoms with Crippen LogP contribution in [0.25, 0.3) is 0 Å². The molecule has 0 radical (unpaired) electrons. The van der Waals surface area contributed by atoms with E-state index in [0.29, 0.717) is 18.7 Å². The molecule has 0 aliphatic carbocycles. The second kappa shape index (κ2) is 7.39. The molecule has 3 N–H and O–H groups in total. The Balaban J connectivity index is 2.13. The Morgan fingerprint density at radius 3 is 3.05 bits per heavy atom. The molecule has 0 saturated carbocycles. The molecule has 0 amide bonds. The topological polar surface area (TPSA) is 49.5 Å². The summed E-state index contributed by atoms with van der Waals surface area (Å²) >= 11 is 1.75. The number of rotatable bonds is 7. The van der Waals surface area contributed by atoms with Crippen molar-refractivity contribution in [2.45, 2.75) is 57.2 Å². The van der Waals surface area contributed by atoms with Gasteiger partial charge in [-0.15, -0.1) is 0 Å². The van der Waals surface area contributed by atoms with Gasteiger partial charge in [0.05, 0.1) is 6.04 Å². The molecule has 1 saturated heterocycles. The minimum atomic E-state index is 0.198. The molecule has 2 rings (SSSR count). The van der Waals surface area contributed by atoms with Crippen molar-refractivity contribution in [1.29, 1.82) is 0 Å². The number of aliphatic hydroxyl groups excluding tert-OH is 1. The molecule has 0 spiro atoms. The molecule has 1 aliphatic heterocycles. The van der Waals surface area contributed by atoms with Gasteiger partial charge in [0.1, 0.15) is 0 Å². The Morgan fingerprint density at radius 1 is 1.58 bits per heavy atom. The molecule has 0 aromatic carbocycles. The zero-order valence-corrected chi connectivity index (χ0v) is 12.6. The molecule has 3 unspecified atom stereocenters. The minimum absolute atomic E-state index is 0.198. The summed E-state index contributed by atoms with van der Waals surface area (Å²) in [4.78, 5) is 2.59. The van der Waals surface area contributed by atoms with Crippen molar-refractivity contribution in [3.05, 3.63) is 22.4 Å². The average molecular weight is 282 g/mol. The third kappa shape index (κ3) is 3.57. The quantitative estimate of drug-likeness (QED) is 0.808. The standard InChI is InChI=1S/C15H26N2OS/c1-2-14(16)15(12-7-10-19-11-12)17-8-3-5-13(17)6-4-9-18/h7,10-11,13-15,18H,2-6,8-9,16H2,1H3. The minimum Gasteiger partial charge on any atom is -0.396 e. The van der Waals surface area contributed by atoms with Crippen molar-refractivity contribution in [2.75, 3.05) is 13.2 Å². The van der Waals surface area contributed by atoms with Crippen LogP contribution in [0.1, 0.15) is 50.6 Å². The number of hydrogen-bond donors (Lipinski definition) is 2. The lowest BCUT2D eigenvalue weighted by Gasteiger charge is -2.36. The normalized spacial score (nSPS) is 23.6. The van der Waals surface area contributed by atoms with Crippen LogP contribution < -0.4 is 5.73 Å². The SMILES string of the molecule is CCC(N)C(c1ccsc1)N1CCCC1CCCO. The summed E-state index contributed by atoms with van der Waals surface area (Å²) in [5.74, 6) is 0. The molecular weight excluding hydrogens is 256 g/mol. The summed E-state index contributed by atoms with van der Waals surface area (Å²) in [6.45, 7) is 3.61. The summed E-state index contributed by atoms with van der Waals surface area (Å²) in [7, 11) is 0. The van der Waals surface area contributed by atoms with Gasteiger partial charge in [-0.25, -0.2) is 0 Å². The highest BCUT2D eigenvalue weighted by Crippen LogP contribution is 2.34. The average Bonchev–Trinajstić information content (AvgIpc) is 3.08. The second-order valence-electron chi connectivity index (χ2n) is 5.47. The van der Waals surface area contributed by atoms with Crippen molar-refractivity contribution in [3.8, 4) is 0 Å². The first kappa shape index (κ1) is 15.0. The molecule has 3 atom stereocenters. The highest BCUT2D eigenvalue weighted by atomic mass is 32.1. The highest BCUT2D eigenvalue weighted by Gasteiger charge is 2.34. The highest BCUT2D eigenvalue weighted by molar-refractivity contribution is 7.07. The molecule has 19 heavy (non-hydrogen) atoms. The van der Waals surface area contributed by atoms with E-state index in [1.54, 1.807) is 11.3 Å². The lowest BCUT2D eigenvalue weighted by atomic mass is 9.97. The zero-order valence-electron chi connectivity index (χ0n) is 11.8. The molecule has 1 aliphatic rings. The maximum Gasteiger partial charge on any atom is 0.0510 e. The van der Waals surface area contributed by atoms with Gasteiger partial charge >= 0.3 is 0 Å². The first-order valence-corrected chi connectivity index (χ1v) is 8.36. The lowest BCUT2D eigenvalue weighted by molar-refractivity contribution is 0.140. The third-order valence-electron chi connectivity index (χ3n) is 4.24. The Labute approximate surface area is 120 Å². The van der Waals surface area contributed by atoms with E-state index in [-0.39, 0.29) is 6.04 Å². The van der Waals surface area contributed by atoms with E-state index in [1.807, 2.05) is 0 Å². The maximum atomic E-state index is 9.05. The van der Waals surface area contributed by atoms with Crippen molar-refractivity contribution in [3.63, 3.8) is 0 Å². The second-order valence-corrected chi connectivity index (χ2v) is 6.25. The molecule has 0 bridgehead atoms. The van der Waals surface area contributed by atoms with Crippen LogP contribution in [0.2, 0.25) is 0 Å². The van der Waals surface area contributed by atoms with Crippen LogP contribution in [0.3, 0.4) is 0 Å². The fraction of sp³-hybridized carbons (Fsp3) is 0.733. The van der Waals surface area contributed by atoms with E-state index in [2.05, 4.69) is 28.7 Å². The predicted molar refractivity (Wildman–Crippen MR) is 81.4 cm³/mol. The number of nitrogens with two attached hydrogens (primary N) is 1. The summed E-state index contributed by atoms with van der Waals surface area (Å²) < 4.78 is 0. The molecule has 2 heterocycles. The Hall–Kier alpha value is -0.420. The van der Waals surface area contributed by atoms with Gasteiger partial charge in [0.25, 0.3) is 0 Å². The number of nitrogens with zero attached hydrogens (tertiary/aromatic N) is 1. The fourth-order valence-corrected chi connectivity index (χ4v) is 3.90. The van der Waals surface area contributed by atoms with Crippen LogP contribution in [-0.2, 0) is 0 Å². The van der Waals surface area contributed by atoms with Crippen LogP contribution in [0.15, 0.2) is 16.8 Å². The predicted octanol–water partition coefficient (Wildman–Crippen LogP) is 2.76. The first-order chi connectivity index (χ1) is 9.27. The van der Waals surface area contributed by atoms with E-state index < -0.39 is 0 Å². The maximum absolute atomic E-state index is 9.05. The van der Waals surface area contributed by atoms with Gasteiger partial charge in [-0.2, -0.15) is 11.3 Å². The Morgan fingerprint density at radius 2 is 2.42 bits per heavy atom. The van der Waals surface area contributed by atoms with Gasteiger partial charge in [-0.1, -0.05) is 6.92 Å². The van der Waals surface area contributed by atoms with E-state index in [9.17, 15) is 0 Å². The first-order valence-electron chi connectivity index (χ1n) is 7.42. The van der Waals surface area contributed by atoms with E-state index in [4.69, 9.17) is 10.8 Å². The fourth-order valence-electron chi connectivity index (χ4n) is 3.21. The van der Waals surface area contributed by atoms with Crippen molar-refractivity contribution < 1.29 is 5.11 Å². The Bertz CT molecular complexity index is 355. The van der Waals surface area contributed by atoms with Crippen molar-refractivity contribution in [1.82, 2.24) is 4.90 Å². The van der Waals surface area contributed by atoms with Crippen molar-refractivity contribution in [2.24, 2.45) is 5.73 Å². The largest absolute Gasteiger partial charge is 0.396 e. The molecule has 108 valence electrons. The lowest BCUT2D eigenvalue weighted by Crippen LogP contribution is -2.43. The summed E-state index contributed by atoms with van der Waals surface area (Å²) in [5.41, 5.74) is 7.76. The summed E-state index contributed by atoms with van der Waals surface area (Å²) in [6.07, 6.45) is 5.50. The van der Waals surface area contributed by atoms with E-state index in [1.165, 1.54) is 18.4 Å². The molecule has 1 fully saturated rings. The zero-order chi connectivity index (χ0) is 13.7. The van der Waals surface area contributed by atoms with Gasteiger partial charge in [0, 0.05) is 18.7 Å². The number of likely N-dealkylation sites (tertiary alicyclic amines) is 1. The van der Waals surface area contributed by atoms with Crippen LogP contribution in [-0.4, -0.2) is 35.2 Å². The third-order valence-corrected chi connectivity index (χ3v) is 4.94. The van der Waals surface area contributed by atoms with Crippen LogP contribution in [0.4, 0.5) is 0 Å². The van der Waals surface area contributed by atoms with Gasteiger partial charge in [-0.3, -0.25) is 4.90 Å². The molecule has 1 aromatic heterocycles. The molecule has 4 heteroatoms. The number of thiophene rings is 1. The van der Waals surface area contributed by atoms with Gasteiger partial charge in [0.2, 0.25) is 0 Å². The van der Waals surface area contributed by atoms with Gasteiger partial charge in [-0.05, 0) is 61.0 Å². The van der Waals surface area contributed by atoms with Gasteiger partial charge < -0.3 is 10.8 Å². The van der Waals surface area contributed by atoms with Crippen molar-refractivity contribution >= 4 is 11.3 Å². The Kier molecular flexibility index (Phi) is 5.82. The monoisotopic (exact) mass is 282 g/mol. The number of hydrogen-bond acceptors (Lipinski definition) is 4. The van der Waals surface area contributed by atoms with E-state index in [0.717, 1.165) is 25.8 Å².